The van der Waals surface area contributed by atoms with E-state index in [-0.39, 0.29) is 23.9 Å². The highest BCUT2D eigenvalue weighted by Gasteiger charge is 2.51. The Morgan fingerprint density at radius 3 is 2.67 bits per heavy atom. The second kappa shape index (κ2) is 7.41. The highest BCUT2D eigenvalue weighted by atomic mass is 35.5. The minimum absolute atomic E-state index is 0.00671. The zero-order valence-electron chi connectivity index (χ0n) is 14.8. The van der Waals surface area contributed by atoms with Crippen molar-refractivity contribution in [3.05, 3.63) is 65.2 Å². The van der Waals surface area contributed by atoms with Crippen LogP contribution >= 0.6 is 23.4 Å². The Kier molecular flexibility index (Phi) is 4.98. The average molecular weight is 399 g/mol. The monoisotopic (exact) mass is 398 g/mol. The van der Waals surface area contributed by atoms with Gasteiger partial charge in [0, 0.05) is 22.5 Å². The minimum atomic E-state index is -0.381. The number of para-hydroxylation sites is 1. The lowest BCUT2D eigenvalue weighted by Gasteiger charge is -2.34. The number of carbonyl (C=O) groups is 2. The van der Waals surface area contributed by atoms with Crippen LogP contribution in [0.3, 0.4) is 0 Å². The SMILES string of the molecule is CSc1ccccc1N1C(=O)[C@@H]2C[C@H]1CN2C(=O)/C=C/c1ccccc1Cl. The number of hydrogen-bond acceptors (Lipinski definition) is 3. The van der Waals surface area contributed by atoms with Gasteiger partial charge in [-0.2, -0.15) is 0 Å². The number of nitrogens with zero attached hydrogens (tertiary/aromatic N) is 2. The van der Waals surface area contributed by atoms with Gasteiger partial charge in [0.05, 0.1) is 11.7 Å². The zero-order chi connectivity index (χ0) is 19.0. The molecule has 2 aliphatic heterocycles. The predicted molar refractivity (Wildman–Crippen MR) is 110 cm³/mol. The van der Waals surface area contributed by atoms with Gasteiger partial charge >= 0.3 is 0 Å². The fraction of sp³-hybridized carbons (Fsp3) is 0.238. The quantitative estimate of drug-likeness (QED) is 0.575. The van der Waals surface area contributed by atoms with Gasteiger partial charge in [-0.05, 0) is 42.5 Å². The number of carbonyl (C=O) groups excluding carboxylic acids is 2. The molecule has 4 rings (SSSR count). The van der Waals surface area contributed by atoms with Crippen LogP contribution < -0.4 is 4.90 Å². The number of fused-ring (bicyclic) bond motifs is 2. The zero-order valence-corrected chi connectivity index (χ0v) is 16.4. The first-order chi connectivity index (χ1) is 13.1. The highest BCUT2D eigenvalue weighted by molar-refractivity contribution is 7.98. The van der Waals surface area contributed by atoms with Crippen molar-refractivity contribution in [1.82, 2.24) is 4.90 Å². The number of halogens is 1. The van der Waals surface area contributed by atoms with Crippen molar-refractivity contribution in [2.45, 2.75) is 23.4 Å². The lowest BCUT2D eigenvalue weighted by molar-refractivity contribution is -0.134. The number of hydrogen-bond donors (Lipinski definition) is 0. The van der Waals surface area contributed by atoms with Crippen LogP contribution in [0.4, 0.5) is 5.69 Å². The molecule has 2 heterocycles. The third-order valence-electron chi connectivity index (χ3n) is 5.11. The summed E-state index contributed by atoms with van der Waals surface area (Å²) in [7, 11) is 0. The maximum absolute atomic E-state index is 13.0. The first-order valence-electron chi connectivity index (χ1n) is 8.79. The average Bonchev–Trinajstić information content (AvgIpc) is 3.25. The summed E-state index contributed by atoms with van der Waals surface area (Å²) in [6.45, 7) is 0.560. The molecule has 2 fully saturated rings. The number of anilines is 1. The molecule has 6 heteroatoms. The highest BCUT2D eigenvalue weighted by Crippen LogP contribution is 2.39. The second-order valence-corrected chi connectivity index (χ2v) is 7.89. The molecule has 27 heavy (non-hydrogen) atoms. The molecule has 2 bridgehead atoms. The lowest BCUT2D eigenvalue weighted by Crippen LogP contribution is -2.52. The molecule has 0 aromatic heterocycles. The molecule has 138 valence electrons. The largest absolute Gasteiger partial charge is 0.325 e. The third kappa shape index (κ3) is 3.26. The summed E-state index contributed by atoms with van der Waals surface area (Å²) >= 11 is 7.76. The molecule has 0 radical (unpaired) electrons. The summed E-state index contributed by atoms with van der Waals surface area (Å²) in [6.07, 6.45) is 5.91. The molecule has 2 amide bonds. The maximum atomic E-state index is 13.0. The Morgan fingerprint density at radius 2 is 1.93 bits per heavy atom. The third-order valence-corrected chi connectivity index (χ3v) is 6.23. The van der Waals surface area contributed by atoms with Crippen molar-refractivity contribution in [1.29, 1.82) is 0 Å². The summed E-state index contributed by atoms with van der Waals surface area (Å²) in [5.41, 5.74) is 1.74. The molecule has 4 nitrogen and oxygen atoms in total. The van der Waals surface area contributed by atoms with Gasteiger partial charge in [0.15, 0.2) is 0 Å². The van der Waals surface area contributed by atoms with E-state index in [2.05, 4.69) is 0 Å². The molecule has 0 aliphatic carbocycles. The Bertz CT molecular complexity index is 930. The van der Waals surface area contributed by atoms with E-state index >= 15 is 0 Å². The van der Waals surface area contributed by atoms with E-state index in [4.69, 9.17) is 11.6 Å². The summed E-state index contributed by atoms with van der Waals surface area (Å²) in [4.78, 5) is 30.2. The van der Waals surface area contributed by atoms with Crippen LogP contribution in [0.15, 0.2) is 59.5 Å². The normalized spacial score (nSPS) is 21.5. The van der Waals surface area contributed by atoms with Gasteiger partial charge in [0.25, 0.3) is 0 Å². The van der Waals surface area contributed by atoms with Gasteiger partial charge < -0.3 is 9.80 Å². The first-order valence-corrected chi connectivity index (χ1v) is 10.4. The van der Waals surface area contributed by atoms with Crippen LogP contribution in [0.1, 0.15) is 12.0 Å². The van der Waals surface area contributed by atoms with Crippen LogP contribution in [0.5, 0.6) is 0 Å². The van der Waals surface area contributed by atoms with Crippen LogP contribution in [-0.4, -0.2) is 41.6 Å². The van der Waals surface area contributed by atoms with Gasteiger partial charge in [-0.25, -0.2) is 0 Å². The fourth-order valence-electron chi connectivity index (χ4n) is 3.83. The minimum Gasteiger partial charge on any atom is -0.325 e. The van der Waals surface area contributed by atoms with Gasteiger partial charge in [-0.15, -0.1) is 11.8 Å². The number of amides is 2. The van der Waals surface area contributed by atoms with Crippen LogP contribution in [0.2, 0.25) is 5.02 Å². The Balaban J connectivity index is 1.51. The van der Waals surface area contributed by atoms with Gasteiger partial charge in [0.1, 0.15) is 6.04 Å². The summed E-state index contributed by atoms with van der Waals surface area (Å²) < 4.78 is 0. The van der Waals surface area contributed by atoms with E-state index in [1.165, 1.54) is 6.08 Å². The van der Waals surface area contributed by atoms with Crippen molar-refractivity contribution < 1.29 is 9.59 Å². The van der Waals surface area contributed by atoms with E-state index in [0.29, 0.717) is 18.0 Å². The molecular formula is C21H19ClN2O2S. The molecule has 0 saturated carbocycles. The van der Waals surface area contributed by atoms with E-state index in [0.717, 1.165) is 16.1 Å². The summed E-state index contributed by atoms with van der Waals surface area (Å²) in [6, 6.07) is 14.9. The van der Waals surface area contributed by atoms with Crippen molar-refractivity contribution in [2.75, 3.05) is 17.7 Å². The Labute approximate surface area is 167 Å². The van der Waals surface area contributed by atoms with Crippen LogP contribution in [0, 0.1) is 0 Å². The molecular weight excluding hydrogens is 380 g/mol. The Morgan fingerprint density at radius 1 is 1.19 bits per heavy atom. The summed E-state index contributed by atoms with van der Waals surface area (Å²) in [5.74, 6) is -0.138. The molecule has 2 saturated heterocycles. The molecule has 0 N–H and O–H groups in total. The molecule has 2 atom stereocenters. The van der Waals surface area contributed by atoms with Crippen LogP contribution in [-0.2, 0) is 9.59 Å². The van der Waals surface area contributed by atoms with E-state index in [1.54, 1.807) is 28.8 Å². The number of benzene rings is 2. The van der Waals surface area contributed by atoms with Gasteiger partial charge in [-0.3, -0.25) is 9.59 Å². The Hall–Kier alpha value is -2.24. The maximum Gasteiger partial charge on any atom is 0.250 e. The first kappa shape index (κ1) is 18.1. The number of likely N-dealkylation sites (tertiary alicyclic amines) is 1. The summed E-state index contributed by atoms with van der Waals surface area (Å²) in [5, 5.41) is 0.598. The van der Waals surface area contributed by atoms with Gasteiger partial charge in [-0.1, -0.05) is 41.9 Å². The van der Waals surface area contributed by atoms with Crippen molar-refractivity contribution in [2.24, 2.45) is 0 Å². The van der Waals surface area contributed by atoms with E-state index < -0.39 is 0 Å². The molecule has 0 spiro atoms. The van der Waals surface area contributed by atoms with Crippen molar-refractivity contribution >= 4 is 46.9 Å². The standard InChI is InChI=1S/C21H19ClN2O2S/c1-27-19-9-5-4-8-17(19)24-15-12-18(21(24)26)23(13-15)20(25)11-10-14-6-2-3-7-16(14)22/h2-11,15,18H,12-13H2,1H3/b11-10+/t15-,18-/m0/s1. The number of piperazine rings is 1. The van der Waals surface area contributed by atoms with E-state index in [1.807, 2.05) is 53.6 Å². The predicted octanol–water partition coefficient (Wildman–Crippen LogP) is 4.09. The molecule has 2 aromatic rings. The topological polar surface area (TPSA) is 40.6 Å². The smallest absolute Gasteiger partial charge is 0.250 e. The molecule has 2 aliphatic rings. The molecule has 2 aromatic carbocycles. The number of rotatable bonds is 4. The second-order valence-electron chi connectivity index (χ2n) is 6.63. The van der Waals surface area contributed by atoms with Crippen molar-refractivity contribution in [3.8, 4) is 0 Å². The van der Waals surface area contributed by atoms with Crippen LogP contribution in [0.25, 0.3) is 6.08 Å². The number of thioether (sulfide) groups is 1. The van der Waals surface area contributed by atoms with Crippen molar-refractivity contribution in [3.63, 3.8) is 0 Å². The van der Waals surface area contributed by atoms with E-state index in [9.17, 15) is 9.59 Å². The molecule has 0 unspecified atom stereocenters. The lowest BCUT2D eigenvalue weighted by atomic mass is 10.2. The fourth-order valence-corrected chi connectivity index (χ4v) is 4.62. The van der Waals surface area contributed by atoms with Gasteiger partial charge in [0.2, 0.25) is 11.8 Å².